The van der Waals surface area contributed by atoms with Crippen LogP contribution in [0.5, 0.6) is 5.75 Å². The molecule has 1 aliphatic rings. The molecule has 2 nitrogen and oxygen atoms in total. The summed E-state index contributed by atoms with van der Waals surface area (Å²) in [5, 5.41) is 3.58. The Kier molecular flexibility index (Phi) is 4.03. The van der Waals surface area contributed by atoms with Crippen molar-refractivity contribution in [3.05, 3.63) is 65.7 Å². The van der Waals surface area contributed by atoms with Gasteiger partial charge < -0.3 is 10.1 Å². The van der Waals surface area contributed by atoms with Gasteiger partial charge in [0.2, 0.25) is 0 Å². The molecule has 1 N–H and O–H groups in total. The van der Waals surface area contributed by atoms with Crippen molar-refractivity contribution in [2.24, 2.45) is 0 Å². The molecule has 2 aromatic rings. The molecule has 2 unspecified atom stereocenters. The lowest BCUT2D eigenvalue weighted by Crippen LogP contribution is -2.34. The number of rotatable bonds is 4. The topological polar surface area (TPSA) is 21.3 Å². The van der Waals surface area contributed by atoms with Crippen LogP contribution in [0.15, 0.2) is 54.6 Å². The number of para-hydroxylation sites is 1. The second-order valence-corrected chi connectivity index (χ2v) is 5.31. The van der Waals surface area contributed by atoms with E-state index in [0.29, 0.717) is 6.04 Å². The first-order valence-electron chi connectivity index (χ1n) is 7.39. The SMILES string of the molecule is CCNC1CC(Cc2ccccc2)Oc2ccccc21. The molecule has 104 valence electrons. The average molecular weight is 267 g/mol. The summed E-state index contributed by atoms with van der Waals surface area (Å²) in [5.41, 5.74) is 2.63. The minimum atomic E-state index is 0.247. The van der Waals surface area contributed by atoms with Gasteiger partial charge in [-0.1, -0.05) is 55.5 Å². The zero-order valence-electron chi connectivity index (χ0n) is 11.9. The highest BCUT2D eigenvalue weighted by molar-refractivity contribution is 5.38. The summed E-state index contributed by atoms with van der Waals surface area (Å²) in [4.78, 5) is 0. The fourth-order valence-electron chi connectivity index (χ4n) is 2.93. The van der Waals surface area contributed by atoms with E-state index in [1.54, 1.807) is 0 Å². The smallest absolute Gasteiger partial charge is 0.124 e. The lowest BCUT2D eigenvalue weighted by molar-refractivity contribution is 0.150. The van der Waals surface area contributed by atoms with Crippen LogP contribution in [0.25, 0.3) is 0 Å². The van der Waals surface area contributed by atoms with Gasteiger partial charge in [-0.2, -0.15) is 0 Å². The van der Waals surface area contributed by atoms with Crippen LogP contribution in [0.1, 0.15) is 30.5 Å². The van der Waals surface area contributed by atoms with Gasteiger partial charge in [-0.25, -0.2) is 0 Å². The predicted octanol–water partition coefficient (Wildman–Crippen LogP) is 3.73. The maximum Gasteiger partial charge on any atom is 0.124 e. The van der Waals surface area contributed by atoms with Crippen molar-refractivity contribution in [3.8, 4) is 5.75 Å². The molecule has 1 aliphatic heterocycles. The highest BCUT2D eigenvalue weighted by atomic mass is 16.5. The van der Waals surface area contributed by atoms with E-state index in [-0.39, 0.29) is 6.10 Å². The van der Waals surface area contributed by atoms with E-state index >= 15 is 0 Å². The van der Waals surface area contributed by atoms with Crippen LogP contribution in [0.4, 0.5) is 0 Å². The van der Waals surface area contributed by atoms with Gasteiger partial charge in [-0.15, -0.1) is 0 Å². The van der Waals surface area contributed by atoms with E-state index in [1.807, 2.05) is 6.07 Å². The van der Waals surface area contributed by atoms with Crippen LogP contribution >= 0.6 is 0 Å². The number of nitrogens with one attached hydrogen (secondary N) is 1. The van der Waals surface area contributed by atoms with Gasteiger partial charge in [-0.3, -0.25) is 0 Å². The van der Waals surface area contributed by atoms with Crippen LogP contribution in [-0.4, -0.2) is 12.6 Å². The van der Waals surface area contributed by atoms with E-state index in [1.165, 1.54) is 11.1 Å². The Morgan fingerprint density at radius 1 is 1.05 bits per heavy atom. The average Bonchev–Trinajstić information content (AvgIpc) is 2.49. The Bertz CT molecular complexity index is 552. The zero-order valence-corrected chi connectivity index (χ0v) is 11.9. The van der Waals surface area contributed by atoms with E-state index < -0.39 is 0 Å². The molecular formula is C18H21NO. The minimum absolute atomic E-state index is 0.247. The largest absolute Gasteiger partial charge is 0.490 e. The minimum Gasteiger partial charge on any atom is -0.490 e. The Morgan fingerprint density at radius 2 is 1.80 bits per heavy atom. The summed E-state index contributed by atoms with van der Waals surface area (Å²) < 4.78 is 6.17. The van der Waals surface area contributed by atoms with Crippen molar-refractivity contribution in [1.82, 2.24) is 5.32 Å². The Balaban J connectivity index is 1.79. The standard InChI is InChI=1S/C18H21NO/c1-2-19-17-13-15(12-14-8-4-3-5-9-14)20-18-11-7-6-10-16(17)18/h3-11,15,17,19H,2,12-13H2,1H3. The highest BCUT2D eigenvalue weighted by Gasteiger charge is 2.27. The van der Waals surface area contributed by atoms with Crippen LogP contribution in [0.2, 0.25) is 0 Å². The predicted molar refractivity (Wildman–Crippen MR) is 82.0 cm³/mol. The maximum absolute atomic E-state index is 6.17. The number of fused-ring (bicyclic) bond motifs is 1. The van der Waals surface area contributed by atoms with E-state index in [0.717, 1.165) is 25.1 Å². The number of hydrogen-bond acceptors (Lipinski definition) is 2. The van der Waals surface area contributed by atoms with Gasteiger partial charge in [0.25, 0.3) is 0 Å². The fraction of sp³-hybridized carbons (Fsp3) is 0.333. The quantitative estimate of drug-likeness (QED) is 0.911. The van der Waals surface area contributed by atoms with E-state index in [9.17, 15) is 0 Å². The van der Waals surface area contributed by atoms with Gasteiger partial charge in [-0.05, 0) is 18.2 Å². The van der Waals surface area contributed by atoms with Gasteiger partial charge in [0.1, 0.15) is 11.9 Å². The summed E-state index contributed by atoms with van der Waals surface area (Å²) in [6.07, 6.45) is 2.24. The molecule has 0 spiro atoms. The van der Waals surface area contributed by atoms with Crippen molar-refractivity contribution in [2.75, 3.05) is 6.54 Å². The van der Waals surface area contributed by atoms with Crippen LogP contribution < -0.4 is 10.1 Å². The van der Waals surface area contributed by atoms with Crippen molar-refractivity contribution in [3.63, 3.8) is 0 Å². The normalized spacial score (nSPS) is 21.1. The molecule has 0 saturated heterocycles. The van der Waals surface area contributed by atoms with Gasteiger partial charge in [0, 0.05) is 24.4 Å². The van der Waals surface area contributed by atoms with Gasteiger partial charge >= 0.3 is 0 Å². The maximum atomic E-state index is 6.17. The Hall–Kier alpha value is -1.80. The van der Waals surface area contributed by atoms with E-state index in [2.05, 4.69) is 60.8 Å². The third kappa shape index (κ3) is 2.86. The third-order valence-electron chi connectivity index (χ3n) is 3.84. The highest BCUT2D eigenvalue weighted by Crippen LogP contribution is 2.35. The summed E-state index contributed by atoms with van der Waals surface area (Å²) in [5.74, 6) is 1.03. The van der Waals surface area contributed by atoms with Crippen LogP contribution in [0.3, 0.4) is 0 Å². The molecule has 1 heterocycles. The lowest BCUT2D eigenvalue weighted by Gasteiger charge is -2.32. The monoisotopic (exact) mass is 267 g/mol. The van der Waals surface area contributed by atoms with Crippen molar-refractivity contribution < 1.29 is 4.74 Å². The molecule has 2 aromatic carbocycles. The third-order valence-corrected chi connectivity index (χ3v) is 3.84. The first kappa shape index (κ1) is 13.2. The molecule has 0 amide bonds. The zero-order chi connectivity index (χ0) is 13.8. The summed E-state index contributed by atoms with van der Waals surface area (Å²) in [7, 11) is 0. The molecule has 0 bridgehead atoms. The molecule has 0 saturated carbocycles. The second-order valence-electron chi connectivity index (χ2n) is 5.31. The molecule has 0 aromatic heterocycles. The van der Waals surface area contributed by atoms with Crippen molar-refractivity contribution in [2.45, 2.75) is 31.9 Å². The first-order chi connectivity index (χ1) is 9.86. The first-order valence-corrected chi connectivity index (χ1v) is 7.39. The van der Waals surface area contributed by atoms with Crippen LogP contribution in [0, 0.1) is 0 Å². The summed E-state index contributed by atoms with van der Waals surface area (Å²) in [6.45, 7) is 3.14. The number of benzene rings is 2. The number of hydrogen-bond donors (Lipinski definition) is 1. The molecule has 0 aliphatic carbocycles. The second kappa shape index (κ2) is 6.10. The number of ether oxygens (including phenoxy) is 1. The summed E-state index contributed by atoms with van der Waals surface area (Å²) in [6, 6.07) is 19.4. The Morgan fingerprint density at radius 3 is 2.60 bits per heavy atom. The molecule has 0 fully saturated rings. The lowest BCUT2D eigenvalue weighted by atomic mass is 9.93. The van der Waals surface area contributed by atoms with Gasteiger partial charge in [0.05, 0.1) is 0 Å². The molecule has 20 heavy (non-hydrogen) atoms. The molecule has 2 atom stereocenters. The van der Waals surface area contributed by atoms with Crippen LogP contribution in [-0.2, 0) is 6.42 Å². The van der Waals surface area contributed by atoms with Gasteiger partial charge in [0.15, 0.2) is 0 Å². The molecular weight excluding hydrogens is 246 g/mol. The van der Waals surface area contributed by atoms with Crippen molar-refractivity contribution >= 4 is 0 Å². The molecule has 3 rings (SSSR count). The summed E-state index contributed by atoms with van der Waals surface area (Å²) >= 11 is 0. The molecule has 0 radical (unpaired) electrons. The van der Waals surface area contributed by atoms with Crippen molar-refractivity contribution in [1.29, 1.82) is 0 Å². The fourth-order valence-corrected chi connectivity index (χ4v) is 2.93. The Labute approximate surface area is 120 Å². The molecule has 2 heteroatoms. The van der Waals surface area contributed by atoms with E-state index in [4.69, 9.17) is 4.74 Å².